The molecule has 1 aromatic carbocycles. The highest BCUT2D eigenvalue weighted by Gasteiger charge is 2.17. The van der Waals surface area contributed by atoms with Gasteiger partial charge in [-0.05, 0) is 36.2 Å². The van der Waals surface area contributed by atoms with Gasteiger partial charge in [0, 0.05) is 24.2 Å². The van der Waals surface area contributed by atoms with E-state index in [0.29, 0.717) is 0 Å². The van der Waals surface area contributed by atoms with E-state index in [4.69, 9.17) is 9.47 Å². The van der Waals surface area contributed by atoms with E-state index >= 15 is 0 Å². The molecule has 2 aromatic heterocycles. The molecule has 0 unspecified atom stereocenters. The second-order valence-electron chi connectivity index (χ2n) is 5.21. The van der Waals surface area contributed by atoms with Crippen LogP contribution in [0.15, 0.2) is 42.9 Å². The first kappa shape index (κ1) is 14.4. The van der Waals surface area contributed by atoms with Gasteiger partial charge in [0.15, 0.2) is 0 Å². The number of aryl methyl sites for hydroxylation is 1. The molecule has 0 saturated heterocycles. The lowest BCUT2D eigenvalue weighted by Crippen LogP contribution is -1.98. The van der Waals surface area contributed by atoms with E-state index in [1.54, 1.807) is 20.4 Å². The van der Waals surface area contributed by atoms with E-state index in [9.17, 15) is 0 Å². The second-order valence-corrected chi connectivity index (χ2v) is 5.21. The molecule has 0 atom stereocenters. The van der Waals surface area contributed by atoms with E-state index in [-0.39, 0.29) is 0 Å². The summed E-state index contributed by atoms with van der Waals surface area (Å²) in [4.78, 5) is 4.46. The average molecular weight is 296 g/mol. The van der Waals surface area contributed by atoms with Gasteiger partial charge >= 0.3 is 0 Å². The zero-order valence-electron chi connectivity index (χ0n) is 13.2. The molecule has 114 valence electrons. The maximum Gasteiger partial charge on any atom is 0.144 e. The molecule has 0 aliphatic heterocycles. The van der Waals surface area contributed by atoms with Crippen molar-refractivity contribution in [3.63, 3.8) is 0 Å². The number of pyridine rings is 1. The van der Waals surface area contributed by atoms with Crippen LogP contribution in [0.1, 0.15) is 18.9 Å². The van der Waals surface area contributed by atoms with Crippen LogP contribution in [0.4, 0.5) is 0 Å². The third-order valence-corrected chi connectivity index (χ3v) is 3.79. The summed E-state index contributed by atoms with van der Waals surface area (Å²) in [6, 6.07) is 8.23. The minimum absolute atomic E-state index is 0.818. The number of hydrogen-bond donors (Lipinski definition) is 0. The molecular formula is C18H20N2O2. The molecule has 2 heterocycles. The van der Waals surface area contributed by atoms with Crippen LogP contribution in [-0.2, 0) is 6.42 Å². The highest BCUT2D eigenvalue weighted by atomic mass is 16.5. The van der Waals surface area contributed by atoms with Crippen molar-refractivity contribution in [2.75, 3.05) is 14.2 Å². The lowest BCUT2D eigenvalue weighted by atomic mass is 10.00. The number of nitrogens with zero attached hydrogens (tertiary/aromatic N) is 2. The summed E-state index contributed by atoms with van der Waals surface area (Å²) < 4.78 is 13.3. The van der Waals surface area contributed by atoms with Crippen molar-refractivity contribution in [3.8, 4) is 22.6 Å². The van der Waals surface area contributed by atoms with E-state index in [0.717, 1.165) is 41.1 Å². The van der Waals surface area contributed by atoms with Gasteiger partial charge in [-0.1, -0.05) is 13.3 Å². The van der Waals surface area contributed by atoms with Crippen LogP contribution in [0.3, 0.4) is 0 Å². The van der Waals surface area contributed by atoms with Gasteiger partial charge in [0.2, 0.25) is 0 Å². The van der Waals surface area contributed by atoms with Gasteiger partial charge in [0.1, 0.15) is 17.1 Å². The Morgan fingerprint density at radius 2 is 1.82 bits per heavy atom. The predicted molar refractivity (Wildman–Crippen MR) is 87.7 cm³/mol. The minimum atomic E-state index is 0.818. The molecule has 3 rings (SSSR count). The first-order valence-corrected chi connectivity index (χ1v) is 7.45. The van der Waals surface area contributed by atoms with Crippen molar-refractivity contribution in [1.29, 1.82) is 0 Å². The third-order valence-electron chi connectivity index (χ3n) is 3.79. The molecule has 0 aliphatic rings. The molecule has 4 nitrogen and oxygen atoms in total. The Bertz CT molecular complexity index is 768. The van der Waals surface area contributed by atoms with Gasteiger partial charge in [-0.2, -0.15) is 0 Å². The monoisotopic (exact) mass is 296 g/mol. The zero-order chi connectivity index (χ0) is 15.5. The van der Waals surface area contributed by atoms with Crippen molar-refractivity contribution in [2.24, 2.45) is 0 Å². The standard InChI is InChI=1S/C18H20N2O2/c1-4-6-13-11-15(21-2)17(16(12-13)22-3)14-7-5-9-20-10-8-19-18(14)20/h5,7-12H,4,6H2,1-3H3. The molecule has 3 aromatic rings. The molecule has 0 N–H and O–H groups in total. The van der Waals surface area contributed by atoms with Crippen LogP contribution >= 0.6 is 0 Å². The molecule has 0 fully saturated rings. The van der Waals surface area contributed by atoms with Crippen LogP contribution in [0.25, 0.3) is 16.8 Å². The van der Waals surface area contributed by atoms with Crippen LogP contribution in [-0.4, -0.2) is 23.6 Å². The molecule has 0 amide bonds. The van der Waals surface area contributed by atoms with E-state index in [1.807, 2.05) is 28.9 Å². The smallest absolute Gasteiger partial charge is 0.144 e. The van der Waals surface area contributed by atoms with Gasteiger partial charge in [0.25, 0.3) is 0 Å². The van der Waals surface area contributed by atoms with Crippen molar-refractivity contribution >= 4 is 5.65 Å². The fourth-order valence-electron chi connectivity index (χ4n) is 2.81. The molecule has 4 heteroatoms. The molecule has 0 spiro atoms. The maximum atomic E-state index is 5.64. The van der Waals surface area contributed by atoms with Gasteiger partial charge in [-0.3, -0.25) is 0 Å². The Kier molecular flexibility index (Phi) is 4.00. The quantitative estimate of drug-likeness (QED) is 0.714. The number of fused-ring (bicyclic) bond motifs is 1. The number of imidazole rings is 1. The number of benzene rings is 1. The van der Waals surface area contributed by atoms with Crippen LogP contribution < -0.4 is 9.47 Å². The number of methoxy groups -OCH3 is 2. The summed E-state index contributed by atoms with van der Waals surface area (Å²) in [6.07, 6.45) is 7.80. The fraction of sp³-hybridized carbons (Fsp3) is 0.278. The molecular weight excluding hydrogens is 276 g/mol. The topological polar surface area (TPSA) is 35.8 Å². The average Bonchev–Trinajstić information content (AvgIpc) is 3.03. The van der Waals surface area contributed by atoms with Gasteiger partial charge in [0.05, 0.1) is 19.8 Å². The van der Waals surface area contributed by atoms with Gasteiger partial charge < -0.3 is 13.9 Å². The normalized spacial score (nSPS) is 10.9. The molecule has 22 heavy (non-hydrogen) atoms. The summed E-state index contributed by atoms with van der Waals surface area (Å²) in [6.45, 7) is 2.16. The lowest BCUT2D eigenvalue weighted by molar-refractivity contribution is 0.396. The first-order valence-electron chi connectivity index (χ1n) is 7.45. The SMILES string of the molecule is CCCc1cc(OC)c(-c2cccn3ccnc23)c(OC)c1. The zero-order valence-corrected chi connectivity index (χ0v) is 13.2. The predicted octanol–water partition coefficient (Wildman–Crippen LogP) is 3.97. The van der Waals surface area contributed by atoms with Crippen molar-refractivity contribution in [1.82, 2.24) is 9.38 Å². The summed E-state index contributed by atoms with van der Waals surface area (Å²) >= 11 is 0. The van der Waals surface area contributed by atoms with Gasteiger partial charge in [-0.25, -0.2) is 4.98 Å². The third kappa shape index (κ3) is 2.41. The largest absolute Gasteiger partial charge is 0.496 e. The summed E-state index contributed by atoms with van der Waals surface area (Å²) in [5, 5.41) is 0. The first-order chi connectivity index (χ1) is 10.8. The van der Waals surface area contributed by atoms with Crippen LogP contribution in [0.2, 0.25) is 0 Å². The fourth-order valence-corrected chi connectivity index (χ4v) is 2.81. The summed E-state index contributed by atoms with van der Waals surface area (Å²) in [5.41, 5.74) is 4.06. The maximum absolute atomic E-state index is 5.64. The van der Waals surface area contributed by atoms with E-state index < -0.39 is 0 Å². The highest BCUT2D eigenvalue weighted by Crippen LogP contribution is 2.41. The highest BCUT2D eigenvalue weighted by molar-refractivity contribution is 5.86. The molecule has 0 radical (unpaired) electrons. The minimum Gasteiger partial charge on any atom is -0.496 e. The second kappa shape index (κ2) is 6.10. The number of ether oxygens (including phenoxy) is 2. The lowest BCUT2D eigenvalue weighted by Gasteiger charge is -2.16. The van der Waals surface area contributed by atoms with E-state index in [2.05, 4.69) is 24.0 Å². The Hall–Kier alpha value is -2.49. The summed E-state index contributed by atoms with van der Waals surface area (Å²) in [5.74, 6) is 1.64. The number of hydrogen-bond acceptors (Lipinski definition) is 3. The van der Waals surface area contributed by atoms with Crippen LogP contribution in [0, 0.1) is 0 Å². The summed E-state index contributed by atoms with van der Waals surface area (Å²) in [7, 11) is 3.39. The van der Waals surface area contributed by atoms with E-state index in [1.165, 1.54) is 5.56 Å². The molecule has 0 aliphatic carbocycles. The van der Waals surface area contributed by atoms with Crippen molar-refractivity contribution in [2.45, 2.75) is 19.8 Å². The molecule has 0 saturated carbocycles. The van der Waals surface area contributed by atoms with Crippen molar-refractivity contribution in [3.05, 3.63) is 48.4 Å². The Morgan fingerprint density at radius 3 is 2.45 bits per heavy atom. The van der Waals surface area contributed by atoms with Gasteiger partial charge in [-0.15, -0.1) is 0 Å². The number of aromatic nitrogens is 2. The van der Waals surface area contributed by atoms with Crippen molar-refractivity contribution < 1.29 is 9.47 Å². The van der Waals surface area contributed by atoms with Crippen LogP contribution in [0.5, 0.6) is 11.5 Å². The molecule has 0 bridgehead atoms. The Morgan fingerprint density at radius 1 is 1.09 bits per heavy atom. The number of rotatable bonds is 5. The Labute approximate surface area is 130 Å². The Balaban J connectivity index is 2.27.